The van der Waals surface area contributed by atoms with Crippen molar-refractivity contribution in [2.24, 2.45) is 0 Å². The van der Waals surface area contributed by atoms with Gasteiger partial charge in [-0.3, -0.25) is 4.79 Å². The molecule has 9 heteroatoms. The fourth-order valence-corrected chi connectivity index (χ4v) is 5.58. The molecule has 50 heavy (non-hydrogen) atoms. The molecule has 0 aliphatic heterocycles. The number of ketones is 1. The zero-order valence-corrected chi connectivity index (χ0v) is 28.9. The molecule has 0 amide bonds. The highest BCUT2D eigenvalue weighted by Crippen LogP contribution is 2.48. The van der Waals surface area contributed by atoms with Gasteiger partial charge in [-0.05, 0) is 34.4 Å². The van der Waals surface area contributed by atoms with Crippen LogP contribution in [0.2, 0.25) is 0 Å². The largest absolute Gasteiger partial charge is 0.496 e. The second kappa shape index (κ2) is 17.8. The summed E-state index contributed by atoms with van der Waals surface area (Å²) >= 11 is 0. The maximum absolute atomic E-state index is 15.0. The number of hydrogen-bond donors (Lipinski definition) is 0. The molecule has 0 bridgehead atoms. The highest BCUT2D eigenvalue weighted by molar-refractivity contribution is 6.07. The van der Waals surface area contributed by atoms with Crippen LogP contribution in [0.5, 0.6) is 34.5 Å². The van der Waals surface area contributed by atoms with Crippen molar-refractivity contribution in [2.75, 3.05) is 35.5 Å². The van der Waals surface area contributed by atoms with E-state index in [9.17, 15) is 0 Å². The molecule has 1 unspecified atom stereocenters. The van der Waals surface area contributed by atoms with Crippen LogP contribution in [-0.2, 0) is 29.3 Å². The van der Waals surface area contributed by atoms with Crippen LogP contribution in [-0.4, -0.2) is 47.6 Å². The first-order chi connectivity index (χ1) is 24.5. The summed E-state index contributed by atoms with van der Waals surface area (Å²) in [4.78, 5) is 15.0. The topological polar surface area (TPSA) is 90.9 Å². The fraction of sp³-hybridized carbons (Fsp3) is 0.244. The molecule has 1 atom stereocenters. The van der Waals surface area contributed by atoms with Gasteiger partial charge in [-0.15, -0.1) is 0 Å². The van der Waals surface area contributed by atoms with Crippen molar-refractivity contribution in [1.82, 2.24) is 0 Å². The third-order valence-corrected chi connectivity index (χ3v) is 8.10. The summed E-state index contributed by atoms with van der Waals surface area (Å²) in [7, 11) is 7.52. The van der Waals surface area contributed by atoms with Gasteiger partial charge in [0.25, 0.3) is 0 Å². The smallest absolute Gasteiger partial charge is 0.204 e. The molecule has 5 aromatic rings. The third kappa shape index (κ3) is 8.55. The molecule has 0 aromatic heterocycles. The minimum Gasteiger partial charge on any atom is -0.496 e. The van der Waals surface area contributed by atoms with Gasteiger partial charge in [0.15, 0.2) is 35.1 Å². The highest BCUT2D eigenvalue weighted by Gasteiger charge is 2.37. The van der Waals surface area contributed by atoms with Gasteiger partial charge in [0, 0.05) is 20.3 Å². The lowest BCUT2D eigenvalue weighted by Gasteiger charge is -2.27. The Hall–Kier alpha value is -5.51. The molecule has 0 saturated heterocycles. The van der Waals surface area contributed by atoms with Gasteiger partial charge in [-0.1, -0.05) is 97.1 Å². The van der Waals surface area contributed by atoms with E-state index in [1.165, 1.54) is 28.4 Å². The van der Waals surface area contributed by atoms with Crippen LogP contribution in [0.1, 0.15) is 38.5 Å². The molecular formula is C41H42O9. The quantitative estimate of drug-likeness (QED) is 0.0675. The normalized spacial score (nSPS) is 11.5. The number of rotatable bonds is 18. The predicted molar refractivity (Wildman–Crippen MR) is 190 cm³/mol. The lowest BCUT2D eigenvalue weighted by molar-refractivity contribution is -0.110. The van der Waals surface area contributed by atoms with Crippen molar-refractivity contribution in [1.29, 1.82) is 0 Å². The van der Waals surface area contributed by atoms with E-state index in [4.69, 9.17) is 37.9 Å². The summed E-state index contributed by atoms with van der Waals surface area (Å²) < 4.78 is 47.8. The first-order valence-electron chi connectivity index (χ1n) is 16.1. The molecule has 0 aliphatic rings. The molecular weight excluding hydrogens is 636 g/mol. The van der Waals surface area contributed by atoms with Crippen molar-refractivity contribution >= 4 is 5.78 Å². The first kappa shape index (κ1) is 35.8. The van der Waals surface area contributed by atoms with Crippen LogP contribution in [0.3, 0.4) is 0 Å². The number of ether oxygens (including phenoxy) is 8. The predicted octanol–water partition coefficient (Wildman–Crippen LogP) is 8.03. The Morgan fingerprint density at radius 3 is 1.48 bits per heavy atom. The summed E-state index contributed by atoms with van der Waals surface area (Å²) in [6, 6.07) is 36.1. The van der Waals surface area contributed by atoms with Crippen LogP contribution in [0.4, 0.5) is 0 Å². The summed E-state index contributed by atoms with van der Waals surface area (Å²) in [6.45, 7) is 0.692. The zero-order chi connectivity index (χ0) is 35.3. The lowest BCUT2D eigenvalue weighted by Crippen LogP contribution is -2.30. The minimum atomic E-state index is -0.997. The molecule has 5 rings (SSSR count). The lowest BCUT2D eigenvalue weighted by atomic mass is 9.88. The van der Waals surface area contributed by atoms with Gasteiger partial charge in [0.05, 0.1) is 27.2 Å². The summed E-state index contributed by atoms with van der Waals surface area (Å²) in [6.07, 6.45) is -0.996. The van der Waals surface area contributed by atoms with Gasteiger partial charge >= 0.3 is 0 Å². The van der Waals surface area contributed by atoms with Crippen LogP contribution in [0.25, 0.3) is 0 Å². The van der Waals surface area contributed by atoms with Crippen molar-refractivity contribution in [3.63, 3.8) is 0 Å². The van der Waals surface area contributed by atoms with E-state index in [1.807, 2.05) is 91.0 Å². The highest BCUT2D eigenvalue weighted by atomic mass is 16.7. The Kier molecular flexibility index (Phi) is 12.7. The van der Waals surface area contributed by atoms with Gasteiger partial charge in [0.1, 0.15) is 31.1 Å². The average molecular weight is 679 g/mol. The fourth-order valence-electron chi connectivity index (χ4n) is 5.58. The van der Waals surface area contributed by atoms with Gasteiger partial charge in [-0.2, -0.15) is 0 Å². The van der Waals surface area contributed by atoms with Gasteiger partial charge in [-0.25, -0.2) is 0 Å². The molecule has 0 saturated carbocycles. The van der Waals surface area contributed by atoms with E-state index in [0.29, 0.717) is 29.4 Å². The second-order valence-corrected chi connectivity index (χ2v) is 11.2. The summed E-state index contributed by atoms with van der Waals surface area (Å²) in [5.74, 6) is 0.545. The van der Waals surface area contributed by atoms with Crippen LogP contribution in [0, 0.1) is 0 Å². The zero-order valence-electron chi connectivity index (χ0n) is 28.9. The SMILES string of the molecule is COc1ccc(C(C(=O)c2c(OC)cc(OCc3ccccc3)c(OC)c2OCc2ccccc2)C(OC)OC)cc1OCc1ccccc1. The maximum Gasteiger partial charge on any atom is 0.204 e. The number of methoxy groups -OCH3 is 5. The number of benzene rings is 5. The molecule has 5 aromatic carbocycles. The summed E-state index contributed by atoms with van der Waals surface area (Å²) in [5, 5.41) is 0. The van der Waals surface area contributed by atoms with Crippen LogP contribution >= 0.6 is 0 Å². The molecule has 0 heterocycles. The second-order valence-electron chi connectivity index (χ2n) is 11.2. The summed E-state index contributed by atoms with van der Waals surface area (Å²) in [5.41, 5.74) is 3.52. The molecule has 0 N–H and O–H groups in total. The molecule has 0 radical (unpaired) electrons. The Bertz CT molecular complexity index is 1810. The number of carbonyl (C=O) groups excluding carboxylic acids is 1. The Morgan fingerprint density at radius 2 is 1.00 bits per heavy atom. The average Bonchev–Trinajstić information content (AvgIpc) is 3.17. The van der Waals surface area contributed by atoms with E-state index in [-0.39, 0.29) is 36.0 Å². The number of carbonyl (C=O) groups is 1. The van der Waals surface area contributed by atoms with E-state index < -0.39 is 18.0 Å². The molecule has 9 nitrogen and oxygen atoms in total. The number of hydrogen-bond acceptors (Lipinski definition) is 9. The Morgan fingerprint density at radius 1 is 0.500 bits per heavy atom. The molecule has 0 aliphatic carbocycles. The van der Waals surface area contributed by atoms with E-state index in [1.54, 1.807) is 31.4 Å². The Labute approximate surface area is 293 Å². The molecule has 0 fully saturated rings. The molecule has 260 valence electrons. The third-order valence-electron chi connectivity index (χ3n) is 8.10. The van der Waals surface area contributed by atoms with E-state index in [0.717, 1.165) is 16.7 Å². The minimum absolute atomic E-state index is 0.138. The standard InChI is InChI=1S/C41H42O9/c1-43-32-22-21-31(23-33(32)48-25-28-15-9-6-10-16-28)36(41(46-4)47-5)38(42)37-34(44-2)24-35(49-26-29-17-11-7-12-18-29)39(45-3)40(37)50-27-30-19-13-8-14-20-30/h6-24,36,41H,25-27H2,1-5H3. The maximum atomic E-state index is 15.0. The van der Waals surface area contributed by atoms with Crippen LogP contribution < -0.4 is 28.4 Å². The monoisotopic (exact) mass is 678 g/mol. The van der Waals surface area contributed by atoms with Crippen molar-refractivity contribution in [2.45, 2.75) is 32.0 Å². The van der Waals surface area contributed by atoms with E-state index >= 15 is 4.79 Å². The van der Waals surface area contributed by atoms with Crippen molar-refractivity contribution in [3.8, 4) is 34.5 Å². The number of Topliss-reactive ketones (excluding diaryl/α,β-unsaturated/α-hetero) is 1. The van der Waals surface area contributed by atoms with Crippen molar-refractivity contribution in [3.05, 3.63) is 143 Å². The van der Waals surface area contributed by atoms with Gasteiger partial charge < -0.3 is 37.9 Å². The van der Waals surface area contributed by atoms with Crippen molar-refractivity contribution < 1.29 is 42.7 Å². The van der Waals surface area contributed by atoms with E-state index in [2.05, 4.69) is 0 Å². The van der Waals surface area contributed by atoms with Crippen LogP contribution in [0.15, 0.2) is 115 Å². The van der Waals surface area contributed by atoms with Gasteiger partial charge in [0.2, 0.25) is 5.75 Å². The molecule has 0 spiro atoms. The Balaban J connectivity index is 1.61. The first-order valence-corrected chi connectivity index (χ1v) is 16.1.